The van der Waals surface area contributed by atoms with E-state index in [1.54, 1.807) is 0 Å². The zero-order valence-electron chi connectivity index (χ0n) is 14.4. The molecule has 0 saturated heterocycles. The number of methoxy groups -OCH3 is 2. The molecule has 1 aliphatic rings. The number of hydrogen-bond acceptors (Lipinski definition) is 7. The Hall–Kier alpha value is -3.23. The predicted molar refractivity (Wildman–Crippen MR) is 89.6 cm³/mol. The average Bonchev–Trinajstić information content (AvgIpc) is 3.14. The Bertz CT molecular complexity index is 861. The summed E-state index contributed by atoms with van der Waals surface area (Å²) >= 11 is 0. The number of esters is 2. The number of nitrogens with zero attached hydrogens (tertiary/aromatic N) is 2. The summed E-state index contributed by atoms with van der Waals surface area (Å²) in [5, 5.41) is 13.4. The van der Waals surface area contributed by atoms with Crippen molar-refractivity contribution >= 4 is 23.5 Å². The van der Waals surface area contributed by atoms with Gasteiger partial charge in [0.05, 0.1) is 42.4 Å². The summed E-state index contributed by atoms with van der Waals surface area (Å²) < 4.78 is 9.42. The third-order valence-electron chi connectivity index (χ3n) is 4.35. The molecule has 2 N–H and O–H groups in total. The Labute approximate surface area is 149 Å². The maximum atomic E-state index is 12.7. The largest absolute Gasteiger partial charge is 0.465 e. The first kappa shape index (κ1) is 17.6. The van der Waals surface area contributed by atoms with Gasteiger partial charge < -0.3 is 14.8 Å². The van der Waals surface area contributed by atoms with Gasteiger partial charge in [0.1, 0.15) is 0 Å². The molecule has 1 heterocycles. The summed E-state index contributed by atoms with van der Waals surface area (Å²) in [6.07, 6.45) is 1.73. The summed E-state index contributed by atoms with van der Waals surface area (Å²) in [4.78, 5) is 36.4. The van der Waals surface area contributed by atoms with E-state index in [1.807, 2.05) is 0 Å². The van der Waals surface area contributed by atoms with Gasteiger partial charge in [0.25, 0.3) is 0 Å². The van der Waals surface area contributed by atoms with Gasteiger partial charge in [0.15, 0.2) is 0 Å². The van der Waals surface area contributed by atoms with Crippen LogP contribution in [0.4, 0.5) is 5.69 Å². The molecule has 26 heavy (non-hydrogen) atoms. The lowest BCUT2D eigenvalue weighted by molar-refractivity contribution is -0.120. The highest BCUT2D eigenvalue weighted by Crippen LogP contribution is 2.25. The number of rotatable bonds is 4. The number of carbonyl (C=O) groups is 3. The molecule has 1 aromatic heterocycles. The molecule has 9 nitrogen and oxygen atoms in total. The van der Waals surface area contributed by atoms with Crippen molar-refractivity contribution in [3.05, 3.63) is 40.7 Å². The first-order chi connectivity index (χ1) is 12.5. The van der Waals surface area contributed by atoms with Crippen molar-refractivity contribution in [1.82, 2.24) is 15.4 Å². The van der Waals surface area contributed by atoms with Crippen LogP contribution in [-0.2, 0) is 27.1 Å². The van der Waals surface area contributed by atoms with E-state index in [0.29, 0.717) is 19.3 Å². The number of anilines is 1. The molecule has 136 valence electrons. The van der Waals surface area contributed by atoms with Gasteiger partial charge in [-0.2, -0.15) is 15.4 Å². The van der Waals surface area contributed by atoms with E-state index in [-0.39, 0.29) is 28.6 Å². The SMILES string of the molecule is COC(=O)c1ccc(C(=O)OC)c(NC(=O)C2CCc3n[nH]nc3C2)c1. The molecule has 0 aliphatic heterocycles. The topological polar surface area (TPSA) is 123 Å². The molecule has 1 aromatic carbocycles. The van der Waals surface area contributed by atoms with Crippen LogP contribution in [0.15, 0.2) is 18.2 Å². The number of fused-ring (bicyclic) bond motifs is 1. The maximum Gasteiger partial charge on any atom is 0.339 e. The number of hydrogen-bond donors (Lipinski definition) is 2. The maximum absolute atomic E-state index is 12.7. The second kappa shape index (κ2) is 7.34. The predicted octanol–water partition coefficient (Wildman–Crippen LogP) is 1.12. The number of aryl methyl sites for hydroxylation is 1. The van der Waals surface area contributed by atoms with Crippen LogP contribution in [0.25, 0.3) is 0 Å². The van der Waals surface area contributed by atoms with E-state index in [1.165, 1.54) is 32.4 Å². The summed E-state index contributed by atoms with van der Waals surface area (Å²) in [5.41, 5.74) is 2.23. The first-order valence-electron chi connectivity index (χ1n) is 8.03. The zero-order valence-corrected chi connectivity index (χ0v) is 14.4. The van der Waals surface area contributed by atoms with Crippen molar-refractivity contribution in [3.8, 4) is 0 Å². The lowest BCUT2D eigenvalue weighted by Crippen LogP contribution is -2.29. The smallest absolute Gasteiger partial charge is 0.339 e. The van der Waals surface area contributed by atoms with Gasteiger partial charge in [-0.1, -0.05) is 0 Å². The van der Waals surface area contributed by atoms with E-state index in [9.17, 15) is 14.4 Å². The van der Waals surface area contributed by atoms with Crippen LogP contribution >= 0.6 is 0 Å². The molecule has 0 radical (unpaired) electrons. The zero-order chi connectivity index (χ0) is 18.7. The third kappa shape index (κ3) is 3.41. The summed E-state index contributed by atoms with van der Waals surface area (Å²) in [6.45, 7) is 0. The monoisotopic (exact) mass is 358 g/mol. The first-order valence-corrected chi connectivity index (χ1v) is 8.03. The number of amides is 1. The Balaban J connectivity index is 1.84. The van der Waals surface area contributed by atoms with Gasteiger partial charge in [-0.25, -0.2) is 9.59 Å². The Morgan fingerprint density at radius 2 is 1.85 bits per heavy atom. The number of carbonyl (C=O) groups excluding carboxylic acids is 3. The summed E-state index contributed by atoms with van der Waals surface area (Å²) in [5.74, 6) is -1.74. The van der Waals surface area contributed by atoms with Gasteiger partial charge >= 0.3 is 11.9 Å². The van der Waals surface area contributed by atoms with Crippen molar-refractivity contribution in [2.45, 2.75) is 19.3 Å². The molecule has 9 heteroatoms. The second-order valence-corrected chi connectivity index (χ2v) is 5.89. The van der Waals surface area contributed by atoms with Gasteiger partial charge in [-0.3, -0.25) is 4.79 Å². The highest BCUT2D eigenvalue weighted by Gasteiger charge is 2.28. The lowest BCUT2D eigenvalue weighted by Gasteiger charge is -2.20. The van der Waals surface area contributed by atoms with Crippen LogP contribution in [0.5, 0.6) is 0 Å². The molecule has 0 spiro atoms. The van der Waals surface area contributed by atoms with Crippen LogP contribution in [0.3, 0.4) is 0 Å². The van der Waals surface area contributed by atoms with E-state index in [0.717, 1.165) is 11.4 Å². The van der Waals surface area contributed by atoms with E-state index >= 15 is 0 Å². The summed E-state index contributed by atoms with van der Waals surface area (Å²) in [7, 11) is 2.50. The number of nitrogens with one attached hydrogen (secondary N) is 2. The van der Waals surface area contributed by atoms with E-state index < -0.39 is 11.9 Å². The fourth-order valence-electron chi connectivity index (χ4n) is 2.92. The second-order valence-electron chi connectivity index (χ2n) is 5.89. The van der Waals surface area contributed by atoms with Crippen LogP contribution in [0.2, 0.25) is 0 Å². The number of aromatic nitrogens is 3. The number of aromatic amines is 1. The van der Waals surface area contributed by atoms with Crippen molar-refractivity contribution in [3.63, 3.8) is 0 Å². The minimum Gasteiger partial charge on any atom is -0.465 e. The minimum absolute atomic E-state index is 0.159. The third-order valence-corrected chi connectivity index (χ3v) is 4.35. The van der Waals surface area contributed by atoms with Crippen LogP contribution in [0.1, 0.15) is 38.5 Å². The average molecular weight is 358 g/mol. The van der Waals surface area contributed by atoms with Crippen LogP contribution in [0, 0.1) is 5.92 Å². The van der Waals surface area contributed by atoms with Crippen LogP contribution in [-0.4, -0.2) is 47.5 Å². The van der Waals surface area contributed by atoms with E-state index in [4.69, 9.17) is 4.74 Å². The highest BCUT2D eigenvalue weighted by molar-refractivity contribution is 6.04. The molecule has 0 bridgehead atoms. The van der Waals surface area contributed by atoms with Crippen molar-refractivity contribution in [1.29, 1.82) is 0 Å². The quantitative estimate of drug-likeness (QED) is 0.785. The molecular weight excluding hydrogens is 340 g/mol. The van der Waals surface area contributed by atoms with Crippen LogP contribution < -0.4 is 5.32 Å². The lowest BCUT2D eigenvalue weighted by atomic mass is 9.89. The van der Waals surface area contributed by atoms with E-state index in [2.05, 4.69) is 25.5 Å². The fraction of sp³-hybridized carbons (Fsp3) is 0.353. The molecule has 2 aromatic rings. The van der Waals surface area contributed by atoms with Crippen molar-refractivity contribution in [2.75, 3.05) is 19.5 Å². The van der Waals surface area contributed by atoms with Gasteiger partial charge in [0, 0.05) is 12.3 Å². The summed E-state index contributed by atoms with van der Waals surface area (Å²) in [6, 6.07) is 4.26. The molecular formula is C17H18N4O5. The van der Waals surface area contributed by atoms with Gasteiger partial charge in [0.2, 0.25) is 5.91 Å². The number of benzene rings is 1. The highest BCUT2D eigenvalue weighted by atomic mass is 16.5. The molecule has 1 amide bonds. The molecule has 3 rings (SSSR count). The Kier molecular flexibility index (Phi) is 4.97. The standard InChI is InChI=1S/C17H18N4O5/c1-25-16(23)10-3-5-11(17(24)26-2)13(8-10)18-15(22)9-4-6-12-14(7-9)20-21-19-12/h3,5,8-9H,4,6-7H2,1-2H3,(H,18,22)(H,19,20,21). The molecule has 1 atom stereocenters. The fourth-order valence-corrected chi connectivity index (χ4v) is 2.92. The number of ether oxygens (including phenoxy) is 2. The van der Waals surface area contributed by atoms with Gasteiger partial charge in [-0.05, 0) is 31.0 Å². The molecule has 1 aliphatic carbocycles. The molecule has 0 saturated carbocycles. The Morgan fingerprint density at radius 3 is 2.58 bits per heavy atom. The molecule has 0 fully saturated rings. The van der Waals surface area contributed by atoms with Gasteiger partial charge in [-0.15, -0.1) is 0 Å². The normalized spacial score (nSPS) is 15.7. The minimum atomic E-state index is -0.612. The van der Waals surface area contributed by atoms with Crippen molar-refractivity contribution in [2.24, 2.45) is 5.92 Å². The Morgan fingerprint density at radius 1 is 1.12 bits per heavy atom. The van der Waals surface area contributed by atoms with Crippen molar-refractivity contribution < 1.29 is 23.9 Å². The number of H-pyrrole nitrogens is 1. The molecule has 1 unspecified atom stereocenters.